The molecule has 1 rings (SSSR count). The van der Waals surface area contributed by atoms with E-state index in [4.69, 9.17) is 0 Å². The molecular formula is C12H24N2O. The van der Waals surface area contributed by atoms with Gasteiger partial charge in [-0.2, -0.15) is 0 Å². The number of nitrogens with one attached hydrogen (secondary N) is 2. The first-order chi connectivity index (χ1) is 6.76. The maximum atomic E-state index is 12.1. The average molecular weight is 212 g/mol. The minimum Gasteiger partial charge on any atom is -0.353 e. The zero-order chi connectivity index (χ0) is 11.7. The topological polar surface area (TPSA) is 41.1 Å². The zero-order valence-corrected chi connectivity index (χ0v) is 10.6. The second kappa shape index (κ2) is 4.12. The molecule has 0 aromatic carbocycles. The van der Waals surface area contributed by atoms with E-state index in [9.17, 15) is 4.79 Å². The molecule has 0 aromatic heterocycles. The van der Waals surface area contributed by atoms with Crippen LogP contribution >= 0.6 is 0 Å². The number of carbonyl (C=O) groups excluding carboxylic acids is 1. The minimum atomic E-state index is -0.209. The van der Waals surface area contributed by atoms with E-state index >= 15 is 0 Å². The maximum Gasteiger partial charge on any atom is 0.227 e. The lowest BCUT2D eigenvalue weighted by atomic mass is 9.84. The van der Waals surface area contributed by atoms with Gasteiger partial charge in [-0.3, -0.25) is 4.79 Å². The molecule has 0 spiro atoms. The Morgan fingerprint density at radius 1 is 1.47 bits per heavy atom. The Kier molecular flexibility index (Phi) is 3.44. The third-order valence-corrected chi connectivity index (χ3v) is 3.56. The fourth-order valence-electron chi connectivity index (χ4n) is 1.60. The minimum absolute atomic E-state index is 0.123. The Morgan fingerprint density at radius 3 is 2.47 bits per heavy atom. The van der Waals surface area contributed by atoms with Crippen LogP contribution in [-0.4, -0.2) is 25.0 Å². The van der Waals surface area contributed by atoms with Crippen LogP contribution < -0.4 is 10.6 Å². The highest BCUT2D eigenvalue weighted by molar-refractivity contribution is 5.83. The van der Waals surface area contributed by atoms with E-state index in [0.29, 0.717) is 0 Å². The Bertz CT molecular complexity index is 236. The van der Waals surface area contributed by atoms with E-state index < -0.39 is 0 Å². The van der Waals surface area contributed by atoms with Crippen LogP contribution in [0.3, 0.4) is 0 Å². The van der Waals surface area contributed by atoms with Crippen LogP contribution in [0.25, 0.3) is 0 Å². The van der Waals surface area contributed by atoms with Crippen molar-refractivity contribution < 1.29 is 4.79 Å². The zero-order valence-electron chi connectivity index (χ0n) is 10.6. The summed E-state index contributed by atoms with van der Waals surface area (Å²) in [6, 6.07) is 0.211. The summed E-state index contributed by atoms with van der Waals surface area (Å²) in [5.74, 6) is 0.190. The van der Waals surface area contributed by atoms with Gasteiger partial charge in [-0.25, -0.2) is 0 Å². The van der Waals surface area contributed by atoms with Gasteiger partial charge < -0.3 is 10.6 Å². The molecule has 0 aliphatic carbocycles. The molecule has 1 aliphatic rings. The first kappa shape index (κ1) is 12.5. The number of hydrogen-bond acceptors (Lipinski definition) is 2. The van der Waals surface area contributed by atoms with Crippen LogP contribution in [0.5, 0.6) is 0 Å². The van der Waals surface area contributed by atoms with Crippen LogP contribution in [0.15, 0.2) is 0 Å². The largest absolute Gasteiger partial charge is 0.353 e. The molecule has 3 heteroatoms. The molecule has 1 fully saturated rings. The van der Waals surface area contributed by atoms with Crippen molar-refractivity contribution >= 4 is 5.91 Å². The molecule has 1 amide bonds. The van der Waals surface area contributed by atoms with Crippen LogP contribution in [-0.2, 0) is 4.79 Å². The molecule has 88 valence electrons. The van der Waals surface area contributed by atoms with Gasteiger partial charge in [0.15, 0.2) is 0 Å². The van der Waals surface area contributed by atoms with E-state index in [2.05, 4.69) is 38.3 Å². The van der Waals surface area contributed by atoms with Crippen molar-refractivity contribution in [1.29, 1.82) is 0 Å². The molecule has 0 saturated carbocycles. The SMILES string of the molecule is CC(NC(=O)C1(C)CCNC1)C(C)(C)C. The summed E-state index contributed by atoms with van der Waals surface area (Å²) in [5.41, 5.74) is -0.0858. The van der Waals surface area contributed by atoms with Gasteiger partial charge in [0.1, 0.15) is 0 Å². The van der Waals surface area contributed by atoms with Gasteiger partial charge in [0, 0.05) is 12.6 Å². The molecule has 1 saturated heterocycles. The quantitative estimate of drug-likeness (QED) is 0.729. The Labute approximate surface area is 93.0 Å². The number of rotatable bonds is 2. The van der Waals surface area contributed by atoms with Crippen LogP contribution in [0.1, 0.15) is 41.0 Å². The molecule has 1 heterocycles. The summed E-state index contributed by atoms with van der Waals surface area (Å²) >= 11 is 0. The third kappa shape index (κ3) is 2.94. The van der Waals surface area contributed by atoms with Gasteiger partial charge in [-0.05, 0) is 32.2 Å². The molecule has 1 aliphatic heterocycles. The van der Waals surface area contributed by atoms with Crippen molar-refractivity contribution in [1.82, 2.24) is 10.6 Å². The van der Waals surface area contributed by atoms with Crippen molar-refractivity contribution in [3.63, 3.8) is 0 Å². The van der Waals surface area contributed by atoms with Crippen molar-refractivity contribution in [2.24, 2.45) is 10.8 Å². The van der Waals surface area contributed by atoms with Crippen LogP contribution in [0.4, 0.5) is 0 Å². The van der Waals surface area contributed by atoms with Crippen molar-refractivity contribution in [3.8, 4) is 0 Å². The van der Waals surface area contributed by atoms with Gasteiger partial charge in [0.2, 0.25) is 5.91 Å². The summed E-state index contributed by atoms with van der Waals surface area (Å²) in [4.78, 5) is 12.1. The standard InChI is InChI=1S/C12H24N2O/c1-9(11(2,3)4)14-10(15)12(5)6-7-13-8-12/h9,13H,6-8H2,1-5H3,(H,14,15). The number of carbonyl (C=O) groups is 1. The Morgan fingerprint density at radius 2 is 2.07 bits per heavy atom. The molecule has 2 unspecified atom stereocenters. The van der Waals surface area contributed by atoms with Crippen molar-refractivity contribution in [2.45, 2.75) is 47.1 Å². The number of amides is 1. The second-order valence-electron chi connectivity index (χ2n) is 6.05. The van der Waals surface area contributed by atoms with Gasteiger partial charge >= 0.3 is 0 Å². The van der Waals surface area contributed by atoms with E-state index in [-0.39, 0.29) is 22.8 Å². The molecule has 0 aromatic rings. The summed E-state index contributed by atoms with van der Waals surface area (Å²) in [5, 5.41) is 6.37. The van der Waals surface area contributed by atoms with Gasteiger partial charge in [-0.1, -0.05) is 20.8 Å². The predicted molar refractivity (Wildman–Crippen MR) is 62.7 cm³/mol. The van der Waals surface area contributed by atoms with Crippen molar-refractivity contribution in [3.05, 3.63) is 0 Å². The van der Waals surface area contributed by atoms with Crippen LogP contribution in [0.2, 0.25) is 0 Å². The summed E-state index contributed by atoms with van der Waals surface area (Å²) < 4.78 is 0. The highest BCUT2D eigenvalue weighted by Gasteiger charge is 2.37. The smallest absolute Gasteiger partial charge is 0.227 e. The monoisotopic (exact) mass is 212 g/mol. The lowest BCUT2D eigenvalue weighted by Crippen LogP contribution is -2.48. The molecule has 0 radical (unpaired) electrons. The van der Waals surface area contributed by atoms with Crippen molar-refractivity contribution in [2.75, 3.05) is 13.1 Å². The molecule has 2 N–H and O–H groups in total. The molecule has 3 nitrogen and oxygen atoms in total. The second-order valence-corrected chi connectivity index (χ2v) is 6.05. The lowest BCUT2D eigenvalue weighted by molar-refractivity contribution is -0.130. The first-order valence-electron chi connectivity index (χ1n) is 5.77. The molecule has 0 bridgehead atoms. The maximum absolute atomic E-state index is 12.1. The Balaban J connectivity index is 2.55. The highest BCUT2D eigenvalue weighted by atomic mass is 16.2. The van der Waals surface area contributed by atoms with E-state index in [1.807, 2.05) is 6.92 Å². The van der Waals surface area contributed by atoms with E-state index in [0.717, 1.165) is 19.5 Å². The van der Waals surface area contributed by atoms with E-state index in [1.54, 1.807) is 0 Å². The molecular weight excluding hydrogens is 188 g/mol. The predicted octanol–water partition coefficient (Wildman–Crippen LogP) is 1.54. The van der Waals surface area contributed by atoms with Crippen LogP contribution in [0, 0.1) is 10.8 Å². The van der Waals surface area contributed by atoms with E-state index in [1.165, 1.54) is 0 Å². The van der Waals surface area contributed by atoms with Gasteiger partial charge in [-0.15, -0.1) is 0 Å². The summed E-state index contributed by atoms with van der Waals surface area (Å²) in [6.07, 6.45) is 0.940. The first-order valence-corrected chi connectivity index (χ1v) is 5.77. The normalized spacial score (nSPS) is 28.9. The Hall–Kier alpha value is -0.570. The number of hydrogen-bond donors (Lipinski definition) is 2. The fourth-order valence-corrected chi connectivity index (χ4v) is 1.60. The summed E-state index contributed by atoms with van der Waals surface area (Å²) in [6.45, 7) is 12.3. The fraction of sp³-hybridized carbons (Fsp3) is 0.917. The van der Waals surface area contributed by atoms with Gasteiger partial charge in [0.25, 0.3) is 0 Å². The van der Waals surface area contributed by atoms with Gasteiger partial charge in [0.05, 0.1) is 5.41 Å². The highest BCUT2D eigenvalue weighted by Crippen LogP contribution is 2.26. The summed E-state index contributed by atoms with van der Waals surface area (Å²) in [7, 11) is 0. The third-order valence-electron chi connectivity index (χ3n) is 3.56. The molecule has 15 heavy (non-hydrogen) atoms. The lowest BCUT2D eigenvalue weighted by Gasteiger charge is -2.31. The molecule has 2 atom stereocenters. The average Bonchev–Trinajstić information content (AvgIpc) is 2.51.